The summed E-state index contributed by atoms with van der Waals surface area (Å²) in [4.78, 5) is 0. The van der Waals surface area contributed by atoms with E-state index in [1.165, 1.54) is 5.56 Å². The van der Waals surface area contributed by atoms with Gasteiger partial charge < -0.3 is 19.9 Å². The van der Waals surface area contributed by atoms with Crippen LogP contribution in [0.4, 0.5) is 0 Å². The molecule has 2 N–H and O–H groups in total. The molecule has 0 unspecified atom stereocenters. The summed E-state index contributed by atoms with van der Waals surface area (Å²) in [7, 11) is 1.61. The lowest BCUT2D eigenvalue weighted by molar-refractivity contribution is 0.284. The number of aliphatic hydroxyl groups is 1. The number of benzene rings is 2. The molecule has 0 atom stereocenters. The zero-order valence-corrected chi connectivity index (χ0v) is 15.9. The summed E-state index contributed by atoms with van der Waals surface area (Å²) in [6.07, 6.45) is 0. The number of thiocarbonyl (C=S) groups is 1. The van der Waals surface area contributed by atoms with Crippen LogP contribution in [0.15, 0.2) is 42.5 Å². The van der Waals surface area contributed by atoms with Gasteiger partial charge in [0.05, 0.1) is 7.11 Å². The van der Waals surface area contributed by atoms with E-state index in [0.717, 1.165) is 11.1 Å². The second-order valence-corrected chi connectivity index (χ2v) is 7.27. The van der Waals surface area contributed by atoms with Crippen LogP contribution in [-0.4, -0.2) is 17.4 Å². The van der Waals surface area contributed by atoms with Crippen LogP contribution in [0.25, 0.3) is 0 Å². The summed E-state index contributed by atoms with van der Waals surface area (Å²) in [6, 6.07) is 14.1. The van der Waals surface area contributed by atoms with Crippen molar-refractivity contribution in [1.82, 2.24) is 5.32 Å². The van der Waals surface area contributed by atoms with Gasteiger partial charge in [0.25, 0.3) is 5.17 Å². The van der Waals surface area contributed by atoms with Crippen molar-refractivity contribution in [3.63, 3.8) is 0 Å². The number of hydrogen-bond acceptors (Lipinski definition) is 3. The molecule has 0 aliphatic carbocycles. The standard InChI is InChI=1S/C20H25NO3S/c1-20(2,3)16-8-5-14(6-9-16)13-24-17-10-7-15(11-18(17)23-4)12-21-19(22)25/h5-11H,12-13H2,1-4H3,(H2,21,22,25). The highest BCUT2D eigenvalue weighted by molar-refractivity contribution is 7.79. The third-order valence-corrected chi connectivity index (χ3v) is 4.03. The molecule has 0 saturated heterocycles. The summed E-state index contributed by atoms with van der Waals surface area (Å²) >= 11 is 4.60. The summed E-state index contributed by atoms with van der Waals surface area (Å²) in [6.45, 7) is 7.50. The average molecular weight is 359 g/mol. The van der Waals surface area contributed by atoms with Gasteiger partial charge in [-0.15, -0.1) is 0 Å². The Morgan fingerprint density at radius 2 is 1.68 bits per heavy atom. The van der Waals surface area contributed by atoms with E-state index >= 15 is 0 Å². The van der Waals surface area contributed by atoms with Crippen molar-refractivity contribution in [2.75, 3.05) is 7.11 Å². The fourth-order valence-electron chi connectivity index (χ4n) is 2.38. The van der Waals surface area contributed by atoms with E-state index < -0.39 is 0 Å². The van der Waals surface area contributed by atoms with E-state index in [2.05, 4.69) is 62.6 Å². The quantitative estimate of drug-likeness (QED) is 0.744. The lowest BCUT2D eigenvalue weighted by Gasteiger charge is -2.19. The molecule has 0 bridgehead atoms. The van der Waals surface area contributed by atoms with E-state index in [-0.39, 0.29) is 10.6 Å². The predicted molar refractivity (Wildman–Crippen MR) is 105 cm³/mol. The molecule has 134 valence electrons. The molecule has 0 spiro atoms. The van der Waals surface area contributed by atoms with E-state index in [9.17, 15) is 0 Å². The van der Waals surface area contributed by atoms with Crippen molar-refractivity contribution in [1.29, 1.82) is 0 Å². The molecule has 0 amide bonds. The Labute approximate surface area is 154 Å². The predicted octanol–water partition coefficient (Wildman–Crippen LogP) is 4.50. The van der Waals surface area contributed by atoms with Gasteiger partial charge in [-0.05, 0) is 46.5 Å². The zero-order chi connectivity index (χ0) is 18.4. The summed E-state index contributed by atoms with van der Waals surface area (Å²) in [5, 5.41) is 11.5. The number of ether oxygens (including phenoxy) is 2. The Bertz CT molecular complexity index is 721. The van der Waals surface area contributed by atoms with Crippen molar-refractivity contribution in [2.45, 2.75) is 39.3 Å². The van der Waals surface area contributed by atoms with Crippen molar-refractivity contribution < 1.29 is 14.6 Å². The van der Waals surface area contributed by atoms with Crippen LogP contribution in [0.3, 0.4) is 0 Å². The third kappa shape index (κ3) is 5.64. The minimum absolute atomic E-state index is 0.142. The average Bonchev–Trinajstić information content (AvgIpc) is 2.58. The number of methoxy groups -OCH3 is 1. The topological polar surface area (TPSA) is 50.7 Å². The van der Waals surface area contributed by atoms with E-state index in [0.29, 0.717) is 24.7 Å². The summed E-state index contributed by atoms with van der Waals surface area (Å²) in [5.41, 5.74) is 3.48. The second-order valence-electron chi connectivity index (χ2n) is 6.88. The van der Waals surface area contributed by atoms with E-state index in [1.54, 1.807) is 7.11 Å². The van der Waals surface area contributed by atoms with E-state index in [4.69, 9.17) is 14.6 Å². The molecule has 2 rings (SSSR count). The first-order chi connectivity index (χ1) is 11.8. The molecular formula is C20H25NO3S. The summed E-state index contributed by atoms with van der Waals surface area (Å²) in [5.74, 6) is 1.33. The fourth-order valence-corrected chi connectivity index (χ4v) is 2.45. The summed E-state index contributed by atoms with van der Waals surface area (Å²) < 4.78 is 11.3. The van der Waals surface area contributed by atoms with Gasteiger partial charge in [-0.25, -0.2) is 0 Å². The first-order valence-electron chi connectivity index (χ1n) is 8.15. The van der Waals surface area contributed by atoms with Gasteiger partial charge in [-0.3, -0.25) is 0 Å². The first-order valence-corrected chi connectivity index (χ1v) is 8.56. The molecule has 0 aromatic heterocycles. The molecule has 0 saturated carbocycles. The minimum Gasteiger partial charge on any atom is -0.493 e. The maximum atomic E-state index is 9.04. The van der Waals surface area contributed by atoms with Crippen LogP contribution in [0.1, 0.15) is 37.5 Å². The molecule has 0 heterocycles. The Kier molecular flexibility index (Phi) is 6.26. The smallest absolute Gasteiger partial charge is 0.254 e. The molecule has 0 aliphatic rings. The largest absolute Gasteiger partial charge is 0.493 e. The van der Waals surface area contributed by atoms with Gasteiger partial charge in [-0.2, -0.15) is 0 Å². The number of rotatable bonds is 6. The van der Waals surface area contributed by atoms with Crippen LogP contribution in [-0.2, 0) is 18.6 Å². The fraction of sp³-hybridized carbons (Fsp3) is 0.350. The highest BCUT2D eigenvalue weighted by Crippen LogP contribution is 2.29. The Morgan fingerprint density at radius 1 is 1.04 bits per heavy atom. The van der Waals surface area contributed by atoms with Gasteiger partial charge in [0.15, 0.2) is 11.5 Å². The lowest BCUT2D eigenvalue weighted by atomic mass is 9.87. The molecule has 2 aromatic rings. The number of nitrogens with one attached hydrogen (secondary N) is 1. The molecule has 0 fully saturated rings. The maximum absolute atomic E-state index is 9.04. The Balaban J connectivity index is 2.03. The maximum Gasteiger partial charge on any atom is 0.254 e. The third-order valence-electron chi connectivity index (χ3n) is 3.89. The van der Waals surface area contributed by atoms with Gasteiger partial charge >= 0.3 is 0 Å². The van der Waals surface area contributed by atoms with Crippen LogP contribution in [0.2, 0.25) is 0 Å². The Hall–Kier alpha value is -2.27. The second kappa shape index (κ2) is 8.21. The SMILES string of the molecule is COc1cc(CNC(O)=S)ccc1OCc1ccc(C(C)(C)C)cc1. The molecular weight excluding hydrogens is 334 g/mol. The normalized spacial score (nSPS) is 11.0. The zero-order valence-electron chi connectivity index (χ0n) is 15.1. The van der Waals surface area contributed by atoms with Crippen molar-refractivity contribution in [3.8, 4) is 11.5 Å². The molecule has 0 aliphatic heterocycles. The highest BCUT2D eigenvalue weighted by Gasteiger charge is 2.13. The molecule has 0 radical (unpaired) electrons. The van der Waals surface area contributed by atoms with Crippen LogP contribution < -0.4 is 14.8 Å². The van der Waals surface area contributed by atoms with Gasteiger partial charge in [-0.1, -0.05) is 51.1 Å². The van der Waals surface area contributed by atoms with Crippen molar-refractivity contribution in [3.05, 3.63) is 59.2 Å². The number of aliphatic hydroxyl groups excluding tert-OH is 1. The minimum atomic E-state index is -0.224. The molecule has 5 heteroatoms. The lowest BCUT2D eigenvalue weighted by Crippen LogP contribution is -2.19. The van der Waals surface area contributed by atoms with Gasteiger partial charge in [0.1, 0.15) is 6.61 Å². The Morgan fingerprint density at radius 3 is 2.24 bits per heavy atom. The van der Waals surface area contributed by atoms with E-state index in [1.807, 2.05) is 18.2 Å². The molecule has 4 nitrogen and oxygen atoms in total. The van der Waals surface area contributed by atoms with Crippen LogP contribution >= 0.6 is 12.2 Å². The molecule has 25 heavy (non-hydrogen) atoms. The van der Waals surface area contributed by atoms with Gasteiger partial charge in [0.2, 0.25) is 0 Å². The number of hydrogen-bond donors (Lipinski definition) is 2. The van der Waals surface area contributed by atoms with Crippen LogP contribution in [0, 0.1) is 0 Å². The highest BCUT2D eigenvalue weighted by atomic mass is 32.1. The van der Waals surface area contributed by atoms with Crippen molar-refractivity contribution >= 4 is 17.4 Å². The van der Waals surface area contributed by atoms with Crippen LogP contribution in [0.5, 0.6) is 11.5 Å². The first kappa shape index (κ1) is 19.1. The molecule has 2 aromatic carbocycles. The monoisotopic (exact) mass is 359 g/mol. The van der Waals surface area contributed by atoms with Gasteiger partial charge in [0, 0.05) is 6.54 Å². The van der Waals surface area contributed by atoms with Crippen molar-refractivity contribution in [2.24, 2.45) is 0 Å².